The highest BCUT2D eigenvalue weighted by Gasteiger charge is 2.26. The third kappa shape index (κ3) is 3.55. The molecule has 4 heteroatoms. The third-order valence-corrected chi connectivity index (χ3v) is 3.76. The van der Waals surface area contributed by atoms with Crippen LogP contribution in [0.15, 0.2) is 30.3 Å². The van der Waals surface area contributed by atoms with Gasteiger partial charge in [-0.2, -0.15) is 0 Å². The summed E-state index contributed by atoms with van der Waals surface area (Å²) in [5.41, 5.74) is 7.25. The van der Waals surface area contributed by atoms with E-state index in [1.807, 2.05) is 42.2 Å². The van der Waals surface area contributed by atoms with E-state index in [0.717, 1.165) is 38.2 Å². The fourth-order valence-corrected chi connectivity index (χ4v) is 2.47. The Bertz CT molecular complexity index is 399. The molecule has 0 bridgehead atoms. The van der Waals surface area contributed by atoms with Crippen LogP contribution >= 0.6 is 0 Å². The molecule has 0 radical (unpaired) electrons. The molecule has 4 nitrogen and oxygen atoms in total. The van der Waals surface area contributed by atoms with Crippen molar-refractivity contribution >= 4 is 5.91 Å². The second kappa shape index (κ2) is 6.68. The maximum Gasteiger partial charge on any atom is 0.227 e. The number of hydrogen-bond acceptors (Lipinski definition) is 3. The van der Waals surface area contributed by atoms with Gasteiger partial charge in [0.05, 0.1) is 5.92 Å². The number of nitrogens with two attached hydrogens (primary N) is 1. The molecule has 1 heterocycles. The number of benzene rings is 1. The van der Waals surface area contributed by atoms with E-state index in [2.05, 4.69) is 5.32 Å². The average Bonchev–Trinajstić information content (AvgIpc) is 2.75. The average molecular weight is 261 g/mol. The Balaban J connectivity index is 2.01. The van der Waals surface area contributed by atoms with Crippen molar-refractivity contribution in [1.29, 1.82) is 0 Å². The van der Waals surface area contributed by atoms with Crippen molar-refractivity contribution in [3.05, 3.63) is 35.9 Å². The zero-order chi connectivity index (χ0) is 13.7. The molecular formula is C15H23N3O. The molecule has 2 atom stereocenters. The first kappa shape index (κ1) is 14.0. The summed E-state index contributed by atoms with van der Waals surface area (Å²) in [6.45, 7) is 5.41. The van der Waals surface area contributed by atoms with E-state index in [1.165, 1.54) is 0 Å². The lowest BCUT2D eigenvalue weighted by molar-refractivity contribution is -0.135. The third-order valence-electron chi connectivity index (χ3n) is 3.76. The lowest BCUT2D eigenvalue weighted by Gasteiger charge is -2.27. The number of hydrogen-bond donors (Lipinski definition) is 2. The summed E-state index contributed by atoms with van der Waals surface area (Å²) < 4.78 is 0. The fraction of sp³-hybridized carbons (Fsp3) is 0.533. The van der Waals surface area contributed by atoms with Crippen molar-refractivity contribution in [3.63, 3.8) is 0 Å². The van der Waals surface area contributed by atoms with Crippen molar-refractivity contribution in [2.75, 3.05) is 26.2 Å². The van der Waals surface area contributed by atoms with E-state index in [-0.39, 0.29) is 17.9 Å². The molecule has 3 N–H and O–H groups in total. The van der Waals surface area contributed by atoms with Crippen molar-refractivity contribution in [2.24, 2.45) is 11.7 Å². The molecular weight excluding hydrogens is 238 g/mol. The van der Waals surface area contributed by atoms with Crippen LogP contribution in [0.4, 0.5) is 0 Å². The molecule has 2 rings (SSSR count). The zero-order valence-electron chi connectivity index (χ0n) is 11.5. The Kier molecular flexibility index (Phi) is 4.93. The summed E-state index contributed by atoms with van der Waals surface area (Å²) in [7, 11) is 0. The van der Waals surface area contributed by atoms with E-state index in [4.69, 9.17) is 5.73 Å². The van der Waals surface area contributed by atoms with Crippen LogP contribution in [-0.2, 0) is 4.79 Å². The number of rotatable bonds is 3. The van der Waals surface area contributed by atoms with Crippen LogP contribution in [0.1, 0.15) is 24.9 Å². The van der Waals surface area contributed by atoms with Gasteiger partial charge in [-0.3, -0.25) is 4.79 Å². The van der Waals surface area contributed by atoms with Crippen LogP contribution in [0.25, 0.3) is 0 Å². The molecule has 1 aliphatic heterocycles. The Hall–Kier alpha value is -1.39. The lowest BCUT2D eigenvalue weighted by atomic mass is 9.94. The second-order valence-electron chi connectivity index (χ2n) is 5.15. The van der Waals surface area contributed by atoms with Gasteiger partial charge in [0.15, 0.2) is 0 Å². The molecule has 1 saturated heterocycles. The molecule has 19 heavy (non-hydrogen) atoms. The highest BCUT2D eigenvalue weighted by atomic mass is 16.2. The first-order valence-electron chi connectivity index (χ1n) is 7.00. The normalized spacial score (nSPS) is 19.6. The van der Waals surface area contributed by atoms with Crippen molar-refractivity contribution in [1.82, 2.24) is 10.2 Å². The Morgan fingerprint density at radius 2 is 2.00 bits per heavy atom. The maximum absolute atomic E-state index is 12.5. The monoisotopic (exact) mass is 261 g/mol. The van der Waals surface area contributed by atoms with E-state index < -0.39 is 0 Å². The van der Waals surface area contributed by atoms with Gasteiger partial charge >= 0.3 is 0 Å². The largest absolute Gasteiger partial charge is 0.341 e. The standard InChI is InChI=1S/C15H23N3O/c1-12(14(16)13-6-3-2-4-7-13)15(19)18-10-5-8-17-9-11-18/h2-4,6-7,12,14,17H,5,8-11,16H2,1H3. The molecule has 1 aromatic rings. The highest BCUT2D eigenvalue weighted by molar-refractivity contribution is 5.79. The van der Waals surface area contributed by atoms with Crippen LogP contribution in [0.3, 0.4) is 0 Å². The Morgan fingerprint density at radius 3 is 2.74 bits per heavy atom. The van der Waals surface area contributed by atoms with E-state index >= 15 is 0 Å². The molecule has 0 spiro atoms. The predicted octanol–water partition coefficient (Wildman–Crippen LogP) is 1.14. The van der Waals surface area contributed by atoms with Gasteiger partial charge in [-0.1, -0.05) is 37.3 Å². The van der Waals surface area contributed by atoms with Gasteiger partial charge in [0, 0.05) is 25.7 Å². The van der Waals surface area contributed by atoms with Gasteiger partial charge in [-0.05, 0) is 18.5 Å². The molecule has 104 valence electrons. The minimum atomic E-state index is -0.232. The molecule has 0 saturated carbocycles. The smallest absolute Gasteiger partial charge is 0.227 e. The van der Waals surface area contributed by atoms with Crippen LogP contribution in [0, 0.1) is 5.92 Å². The van der Waals surface area contributed by atoms with Crippen LogP contribution in [0.2, 0.25) is 0 Å². The van der Waals surface area contributed by atoms with Crippen LogP contribution in [-0.4, -0.2) is 37.0 Å². The number of nitrogens with one attached hydrogen (secondary N) is 1. The Labute approximate surface area is 115 Å². The summed E-state index contributed by atoms with van der Waals surface area (Å²) in [5.74, 6) is -0.0134. The number of carbonyl (C=O) groups is 1. The minimum absolute atomic E-state index is 0.167. The summed E-state index contributed by atoms with van der Waals surface area (Å²) in [6.07, 6.45) is 1.01. The summed E-state index contributed by atoms with van der Waals surface area (Å²) in [5, 5.41) is 3.31. The fourth-order valence-electron chi connectivity index (χ4n) is 2.47. The van der Waals surface area contributed by atoms with Gasteiger partial charge in [0.2, 0.25) is 5.91 Å². The van der Waals surface area contributed by atoms with Gasteiger partial charge < -0.3 is 16.0 Å². The molecule has 2 unspecified atom stereocenters. The topological polar surface area (TPSA) is 58.4 Å². The minimum Gasteiger partial charge on any atom is -0.341 e. The maximum atomic E-state index is 12.5. The molecule has 1 aromatic carbocycles. The lowest BCUT2D eigenvalue weighted by Crippen LogP contribution is -2.41. The van der Waals surface area contributed by atoms with Crippen molar-refractivity contribution < 1.29 is 4.79 Å². The Morgan fingerprint density at radius 1 is 1.26 bits per heavy atom. The molecule has 1 amide bonds. The van der Waals surface area contributed by atoms with Crippen molar-refractivity contribution in [2.45, 2.75) is 19.4 Å². The van der Waals surface area contributed by atoms with Gasteiger partial charge in [-0.25, -0.2) is 0 Å². The first-order chi connectivity index (χ1) is 9.20. The summed E-state index contributed by atoms with van der Waals surface area (Å²) in [4.78, 5) is 14.4. The quantitative estimate of drug-likeness (QED) is 0.858. The SMILES string of the molecule is CC(C(=O)N1CCCNCC1)C(N)c1ccccc1. The summed E-state index contributed by atoms with van der Waals surface area (Å²) in [6, 6.07) is 9.62. The number of amides is 1. The van der Waals surface area contributed by atoms with Crippen LogP contribution < -0.4 is 11.1 Å². The zero-order valence-corrected chi connectivity index (χ0v) is 11.5. The highest BCUT2D eigenvalue weighted by Crippen LogP contribution is 2.21. The molecule has 1 aliphatic rings. The summed E-state index contributed by atoms with van der Waals surface area (Å²) >= 11 is 0. The molecule has 1 fully saturated rings. The van der Waals surface area contributed by atoms with Crippen molar-refractivity contribution in [3.8, 4) is 0 Å². The molecule has 0 aliphatic carbocycles. The van der Waals surface area contributed by atoms with Crippen LogP contribution in [0.5, 0.6) is 0 Å². The second-order valence-corrected chi connectivity index (χ2v) is 5.15. The predicted molar refractivity (Wildman–Crippen MR) is 76.6 cm³/mol. The molecule has 0 aromatic heterocycles. The van der Waals surface area contributed by atoms with Gasteiger partial charge in [-0.15, -0.1) is 0 Å². The van der Waals surface area contributed by atoms with E-state index in [9.17, 15) is 4.79 Å². The number of nitrogens with zero attached hydrogens (tertiary/aromatic N) is 1. The number of carbonyl (C=O) groups excluding carboxylic acids is 1. The van der Waals surface area contributed by atoms with Gasteiger partial charge in [0.1, 0.15) is 0 Å². The first-order valence-corrected chi connectivity index (χ1v) is 7.00. The van der Waals surface area contributed by atoms with E-state index in [1.54, 1.807) is 0 Å². The van der Waals surface area contributed by atoms with E-state index in [0.29, 0.717) is 0 Å². The van der Waals surface area contributed by atoms with Gasteiger partial charge in [0.25, 0.3) is 0 Å².